The summed E-state index contributed by atoms with van der Waals surface area (Å²) in [7, 11) is 0. The summed E-state index contributed by atoms with van der Waals surface area (Å²) in [5.74, 6) is 0.881. The van der Waals surface area contributed by atoms with E-state index in [9.17, 15) is 0 Å². The zero-order chi connectivity index (χ0) is 14.5. The average Bonchev–Trinajstić information content (AvgIpc) is 2.40. The first-order valence-corrected chi connectivity index (χ1v) is 8.15. The molecule has 0 nitrogen and oxygen atoms in total. The second kappa shape index (κ2) is 12.3. The summed E-state index contributed by atoms with van der Waals surface area (Å²) >= 11 is 0. The summed E-state index contributed by atoms with van der Waals surface area (Å²) in [6.45, 7) is 12.9. The van der Waals surface area contributed by atoms with Crippen LogP contribution in [0.1, 0.15) is 79.1 Å². The zero-order valence-electron chi connectivity index (χ0n) is 13.7. The molecular formula is C19H34. The molecule has 0 heterocycles. The molecule has 0 heteroatoms. The molecular weight excluding hydrogens is 228 g/mol. The molecule has 0 aliphatic carbocycles. The number of hydrogen-bond acceptors (Lipinski definition) is 0. The van der Waals surface area contributed by atoms with E-state index in [2.05, 4.69) is 52.5 Å². The first-order chi connectivity index (χ1) is 9.15. The molecule has 1 atom stereocenters. The van der Waals surface area contributed by atoms with E-state index in [1.54, 1.807) is 0 Å². The molecule has 0 amide bonds. The molecule has 0 bridgehead atoms. The van der Waals surface area contributed by atoms with Crippen LogP contribution >= 0.6 is 0 Å². The Bertz CT molecular complexity index is 280. The van der Waals surface area contributed by atoms with Crippen LogP contribution in [-0.2, 0) is 0 Å². The van der Waals surface area contributed by atoms with Gasteiger partial charge in [-0.1, -0.05) is 83.3 Å². The Kier molecular flexibility index (Phi) is 11.8. The lowest BCUT2D eigenvalue weighted by atomic mass is 9.94. The van der Waals surface area contributed by atoms with E-state index in [0.29, 0.717) is 0 Å². The van der Waals surface area contributed by atoms with Crippen LogP contribution in [0, 0.1) is 5.92 Å². The smallest absolute Gasteiger partial charge is 0.00982 e. The first kappa shape index (κ1) is 18.2. The van der Waals surface area contributed by atoms with Gasteiger partial charge in [0.15, 0.2) is 0 Å². The Morgan fingerprint density at radius 3 is 2.37 bits per heavy atom. The number of allylic oxidation sites excluding steroid dienone is 5. The van der Waals surface area contributed by atoms with Crippen molar-refractivity contribution in [2.24, 2.45) is 5.92 Å². The number of rotatable bonds is 11. The summed E-state index contributed by atoms with van der Waals surface area (Å²) in [6, 6.07) is 0. The van der Waals surface area contributed by atoms with Crippen LogP contribution in [0.3, 0.4) is 0 Å². The summed E-state index contributed by atoms with van der Waals surface area (Å²) in [6.07, 6.45) is 17.2. The number of hydrogen-bond donors (Lipinski definition) is 0. The fraction of sp³-hybridized carbons (Fsp3) is 0.684. The lowest BCUT2D eigenvalue weighted by molar-refractivity contribution is 0.449. The molecule has 0 rings (SSSR count). The highest BCUT2D eigenvalue weighted by Gasteiger charge is 2.03. The fourth-order valence-corrected chi connectivity index (χ4v) is 2.35. The van der Waals surface area contributed by atoms with Crippen LogP contribution in [0.2, 0.25) is 0 Å². The summed E-state index contributed by atoms with van der Waals surface area (Å²) in [4.78, 5) is 0. The van der Waals surface area contributed by atoms with Gasteiger partial charge in [0.25, 0.3) is 0 Å². The van der Waals surface area contributed by atoms with Crippen LogP contribution < -0.4 is 0 Å². The standard InChI is InChI=1S/C19H34/c1-6-9-10-14-18(8-3)15-11-12-16-19(13-7-2)17(4)5/h11-13,18H,4,6-10,14-16H2,1-3,5H3. The highest BCUT2D eigenvalue weighted by Crippen LogP contribution is 2.19. The molecule has 0 aromatic rings. The molecule has 1 unspecified atom stereocenters. The van der Waals surface area contributed by atoms with Gasteiger partial charge in [0.05, 0.1) is 0 Å². The van der Waals surface area contributed by atoms with Gasteiger partial charge < -0.3 is 0 Å². The van der Waals surface area contributed by atoms with Gasteiger partial charge in [-0.25, -0.2) is 0 Å². The predicted molar refractivity (Wildman–Crippen MR) is 89.5 cm³/mol. The van der Waals surface area contributed by atoms with Crippen LogP contribution in [0.5, 0.6) is 0 Å². The molecule has 0 aliphatic heterocycles. The van der Waals surface area contributed by atoms with Crippen molar-refractivity contribution in [1.82, 2.24) is 0 Å². The van der Waals surface area contributed by atoms with Gasteiger partial charge in [0.1, 0.15) is 0 Å². The van der Waals surface area contributed by atoms with Gasteiger partial charge in [-0.15, -0.1) is 0 Å². The SMILES string of the molecule is C=C(C)C(=CCC)CC=CCC(CC)CCCCC. The molecule has 0 aromatic heterocycles. The number of unbranched alkanes of at least 4 members (excludes halogenated alkanes) is 2. The predicted octanol–water partition coefficient (Wildman–Crippen LogP) is 6.84. The van der Waals surface area contributed by atoms with E-state index in [0.717, 1.165) is 18.8 Å². The minimum Gasteiger partial charge on any atom is -0.0958 e. The lowest BCUT2D eigenvalue weighted by Gasteiger charge is -2.11. The van der Waals surface area contributed by atoms with Crippen molar-refractivity contribution in [1.29, 1.82) is 0 Å². The highest BCUT2D eigenvalue weighted by molar-refractivity contribution is 5.28. The van der Waals surface area contributed by atoms with Crippen molar-refractivity contribution in [2.75, 3.05) is 0 Å². The second-order valence-electron chi connectivity index (χ2n) is 5.60. The van der Waals surface area contributed by atoms with Gasteiger partial charge in [0.2, 0.25) is 0 Å². The third-order valence-corrected chi connectivity index (χ3v) is 3.77. The highest BCUT2D eigenvalue weighted by atomic mass is 14.1. The van der Waals surface area contributed by atoms with Crippen molar-refractivity contribution in [3.63, 3.8) is 0 Å². The third-order valence-electron chi connectivity index (χ3n) is 3.77. The third kappa shape index (κ3) is 9.76. The van der Waals surface area contributed by atoms with Crippen molar-refractivity contribution >= 4 is 0 Å². The topological polar surface area (TPSA) is 0 Å². The maximum Gasteiger partial charge on any atom is -0.00982 e. The van der Waals surface area contributed by atoms with Gasteiger partial charge >= 0.3 is 0 Å². The minimum absolute atomic E-state index is 0.881. The maximum absolute atomic E-state index is 4.05. The van der Waals surface area contributed by atoms with Gasteiger partial charge in [-0.3, -0.25) is 0 Å². The van der Waals surface area contributed by atoms with Gasteiger partial charge in [-0.2, -0.15) is 0 Å². The molecule has 19 heavy (non-hydrogen) atoms. The molecule has 0 fully saturated rings. The van der Waals surface area contributed by atoms with E-state index in [1.165, 1.54) is 49.7 Å². The van der Waals surface area contributed by atoms with Crippen LogP contribution in [0.25, 0.3) is 0 Å². The zero-order valence-corrected chi connectivity index (χ0v) is 13.7. The quantitative estimate of drug-likeness (QED) is 0.217. The molecule has 0 aromatic carbocycles. The molecule has 0 spiro atoms. The summed E-state index contributed by atoms with van der Waals surface area (Å²) in [5.41, 5.74) is 2.61. The summed E-state index contributed by atoms with van der Waals surface area (Å²) in [5, 5.41) is 0. The van der Waals surface area contributed by atoms with Gasteiger partial charge in [0, 0.05) is 0 Å². The van der Waals surface area contributed by atoms with E-state index in [-0.39, 0.29) is 0 Å². The Labute approximate surface area is 121 Å². The Hall–Kier alpha value is -0.780. The minimum atomic E-state index is 0.881. The van der Waals surface area contributed by atoms with Crippen molar-refractivity contribution in [3.05, 3.63) is 36.0 Å². The van der Waals surface area contributed by atoms with Crippen LogP contribution in [0.4, 0.5) is 0 Å². The largest absolute Gasteiger partial charge is 0.0958 e. The molecule has 0 radical (unpaired) electrons. The first-order valence-electron chi connectivity index (χ1n) is 8.15. The second-order valence-corrected chi connectivity index (χ2v) is 5.60. The Balaban J connectivity index is 4.04. The Morgan fingerprint density at radius 2 is 1.84 bits per heavy atom. The van der Waals surface area contributed by atoms with Crippen LogP contribution in [-0.4, -0.2) is 0 Å². The fourth-order valence-electron chi connectivity index (χ4n) is 2.35. The average molecular weight is 262 g/mol. The van der Waals surface area contributed by atoms with Crippen molar-refractivity contribution in [2.45, 2.75) is 79.1 Å². The monoisotopic (exact) mass is 262 g/mol. The van der Waals surface area contributed by atoms with E-state index >= 15 is 0 Å². The van der Waals surface area contributed by atoms with Crippen LogP contribution in [0.15, 0.2) is 36.0 Å². The van der Waals surface area contributed by atoms with Crippen molar-refractivity contribution < 1.29 is 0 Å². The van der Waals surface area contributed by atoms with E-state index in [1.807, 2.05) is 0 Å². The maximum atomic E-state index is 4.05. The van der Waals surface area contributed by atoms with E-state index < -0.39 is 0 Å². The molecule has 0 saturated carbocycles. The Morgan fingerprint density at radius 1 is 1.11 bits per heavy atom. The molecule has 110 valence electrons. The normalized spacial score (nSPS) is 14.0. The molecule has 0 aliphatic rings. The van der Waals surface area contributed by atoms with E-state index in [4.69, 9.17) is 0 Å². The molecule has 0 saturated heterocycles. The lowest BCUT2D eigenvalue weighted by Crippen LogP contribution is -1.97. The van der Waals surface area contributed by atoms with Gasteiger partial charge in [-0.05, 0) is 37.7 Å². The summed E-state index contributed by atoms with van der Waals surface area (Å²) < 4.78 is 0. The van der Waals surface area contributed by atoms with Crippen molar-refractivity contribution in [3.8, 4) is 0 Å². The molecule has 0 N–H and O–H groups in total.